The summed E-state index contributed by atoms with van der Waals surface area (Å²) >= 11 is 0. The van der Waals surface area contributed by atoms with Crippen LogP contribution in [0.4, 0.5) is 0 Å². The molecule has 0 aromatic rings. The monoisotopic (exact) mass is 1060 g/mol. The van der Waals surface area contributed by atoms with E-state index < -0.39 is 86.7 Å². The van der Waals surface area contributed by atoms with E-state index in [0.29, 0.717) is 13.0 Å². The van der Waals surface area contributed by atoms with Gasteiger partial charge in [0.15, 0.2) is 12.6 Å². The zero-order valence-electron chi connectivity index (χ0n) is 46.8. The van der Waals surface area contributed by atoms with Gasteiger partial charge in [-0.15, -0.1) is 0 Å². The van der Waals surface area contributed by atoms with Crippen molar-refractivity contribution in [2.45, 2.75) is 287 Å². The molecule has 11 atom stereocenters. The van der Waals surface area contributed by atoms with Crippen LogP contribution in [0.25, 0.3) is 0 Å². The van der Waals surface area contributed by atoms with Crippen LogP contribution in [0, 0.1) is 0 Å². The van der Waals surface area contributed by atoms with Gasteiger partial charge in [-0.3, -0.25) is 4.79 Å². The Bertz CT molecular complexity index is 1470. The van der Waals surface area contributed by atoms with Gasteiger partial charge in [0.2, 0.25) is 0 Å². The largest absolute Gasteiger partial charge is 0.457 e. The molecule has 2 rings (SSSR count). The van der Waals surface area contributed by atoms with Crippen LogP contribution in [0.1, 0.15) is 219 Å². The number of aliphatic hydroxyl groups is 7. The van der Waals surface area contributed by atoms with Crippen molar-refractivity contribution in [1.82, 2.24) is 0 Å². The lowest BCUT2D eigenvalue weighted by Gasteiger charge is -2.42. The van der Waals surface area contributed by atoms with Crippen LogP contribution < -0.4 is 0 Å². The second-order valence-corrected chi connectivity index (χ2v) is 20.8. The maximum Gasteiger partial charge on any atom is 0.306 e. The maximum absolute atomic E-state index is 13.0. The third kappa shape index (κ3) is 34.3. The van der Waals surface area contributed by atoms with E-state index in [2.05, 4.69) is 74.6 Å². The first-order valence-electron chi connectivity index (χ1n) is 29.9. The lowest BCUT2D eigenvalue weighted by Crippen LogP contribution is -2.61. The number of esters is 1. The molecule has 0 aromatic heterocycles. The van der Waals surface area contributed by atoms with Crippen LogP contribution in [-0.2, 0) is 33.2 Å². The number of rotatable bonds is 48. The van der Waals surface area contributed by atoms with E-state index in [4.69, 9.17) is 28.4 Å². The van der Waals surface area contributed by atoms with Crippen molar-refractivity contribution < 1.29 is 69.0 Å². The van der Waals surface area contributed by atoms with Crippen molar-refractivity contribution in [3.63, 3.8) is 0 Å². The highest BCUT2D eigenvalue weighted by atomic mass is 16.7. The van der Waals surface area contributed by atoms with Gasteiger partial charge in [-0.1, -0.05) is 197 Å². The SMILES string of the molecule is CC/C=C\C/C=C\C/C=C\C/C=C\CCCCC(=O)OC(COCCCCCCCCCCCCCCCC/C=C\CCCCCCCCCC)COC1OC(COC2OC(CO)C(O)C(O)C2O)C(O)C(O)C1O. The molecule has 0 spiro atoms. The van der Waals surface area contributed by atoms with Gasteiger partial charge in [0, 0.05) is 13.0 Å². The fourth-order valence-corrected chi connectivity index (χ4v) is 9.21. The minimum atomic E-state index is -1.72. The number of aliphatic hydroxyl groups excluding tert-OH is 7. The predicted molar refractivity (Wildman–Crippen MR) is 298 cm³/mol. The molecule has 0 radical (unpaired) electrons. The number of carbonyl (C=O) groups excluding carboxylic acids is 1. The Labute approximate surface area is 454 Å². The van der Waals surface area contributed by atoms with Crippen LogP contribution in [0.5, 0.6) is 0 Å². The molecule has 0 aromatic carbocycles. The van der Waals surface area contributed by atoms with Crippen molar-refractivity contribution >= 4 is 5.97 Å². The highest BCUT2D eigenvalue weighted by Crippen LogP contribution is 2.27. The van der Waals surface area contributed by atoms with Crippen LogP contribution in [0.3, 0.4) is 0 Å². The molecule has 14 nitrogen and oxygen atoms in total. The van der Waals surface area contributed by atoms with E-state index in [1.165, 1.54) is 135 Å². The van der Waals surface area contributed by atoms with Gasteiger partial charge in [0.05, 0.1) is 26.4 Å². The van der Waals surface area contributed by atoms with Gasteiger partial charge < -0.3 is 64.2 Å². The van der Waals surface area contributed by atoms with Crippen molar-refractivity contribution in [3.05, 3.63) is 60.8 Å². The smallest absolute Gasteiger partial charge is 0.306 e. The van der Waals surface area contributed by atoms with Crippen LogP contribution >= 0.6 is 0 Å². The Kier molecular flexibility index (Phi) is 43.7. The minimum Gasteiger partial charge on any atom is -0.457 e. The molecule has 75 heavy (non-hydrogen) atoms. The van der Waals surface area contributed by atoms with Crippen molar-refractivity contribution in [2.24, 2.45) is 0 Å². The van der Waals surface area contributed by atoms with E-state index in [1.807, 2.05) is 0 Å². The molecule has 436 valence electrons. The molecule has 0 saturated carbocycles. The van der Waals surface area contributed by atoms with E-state index in [0.717, 1.165) is 57.8 Å². The Hall–Kier alpha value is -2.31. The highest BCUT2D eigenvalue weighted by molar-refractivity contribution is 5.69. The van der Waals surface area contributed by atoms with Crippen LogP contribution in [0.15, 0.2) is 60.8 Å². The summed E-state index contributed by atoms with van der Waals surface area (Å²) in [4.78, 5) is 13.0. The zero-order chi connectivity index (χ0) is 54.4. The topological polar surface area (TPSA) is 214 Å². The number of allylic oxidation sites excluding steroid dienone is 10. The first kappa shape index (κ1) is 68.8. The first-order chi connectivity index (χ1) is 36.6. The van der Waals surface area contributed by atoms with Gasteiger partial charge >= 0.3 is 5.97 Å². The number of hydrogen-bond acceptors (Lipinski definition) is 14. The normalized spacial score (nSPS) is 25.0. The summed E-state index contributed by atoms with van der Waals surface area (Å²) < 4.78 is 34.3. The second kappa shape index (κ2) is 47.7. The Balaban J connectivity index is 1.68. The summed E-state index contributed by atoms with van der Waals surface area (Å²) in [5.41, 5.74) is 0. The third-order valence-corrected chi connectivity index (χ3v) is 14.0. The van der Waals surface area contributed by atoms with Crippen LogP contribution in [-0.4, -0.2) is 142 Å². The van der Waals surface area contributed by atoms with E-state index in [-0.39, 0.29) is 19.6 Å². The second-order valence-electron chi connectivity index (χ2n) is 20.8. The summed E-state index contributed by atoms with van der Waals surface area (Å²) in [6.07, 6.45) is 43.0. The van der Waals surface area contributed by atoms with Crippen molar-refractivity contribution in [3.8, 4) is 0 Å². The van der Waals surface area contributed by atoms with Gasteiger partial charge in [-0.25, -0.2) is 0 Å². The summed E-state index contributed by atoms with van der Waals surface area (Å²) in [5, 5.41) is 72.3. The standard InChI is InChI=1S/C61H108O14/c1-3-5-7-9-11-13-15-17-19-20-21-22-23-24-25-26-27-28-29-31-33-35-37-39-41-43-45-70-47-50(73-53(63)44-42-40-38-36-34-32-30-18-16-14-12-10-8-6-4-2)48-71-60-59(69)57(67)55(65)52(75-60)49-72-61-58(68)56(66)54(64)51(46-62)74-61/h6,8,12,14,18,20-21,30,34,36,50-52,54-62,64-69H,3-5,7,9-11,13,15-17,19,22-29,31-33,35,37-49H2,1-2H3/b8-6-,14-12-,21-20-,30-18-,36-34-. The zero-order valence-corrected chi connectivity index (χ0v) is 46.8. The molecule has 2 heterocycles. The fraction of sp³-hybridized carbons (Fsp3) is 0.820. The van der Waals surface area contributed by atoms with Crippen molar-refractivity contribution in [2.75, 3.05) is 33.0 Å². The molecule has 2 fully saturated rings. The fourth-order valence-electron chi connectivity index (χ4n) is 9.21. The molecule has 0 bridgehead atoms. The summed E-state index contributed by atoms with van der Waals surface area (Å²) in [5.74, 6) is -0.415. The van der Waals surface area contributed by atoms with Gasteiger partial charge in [0.1, 0.15) is 54.9 Å². The molecular formula is C61H108O14. The maximum atomic E-state index is 13.0. The average molecular weight is 1070 g/mol. The van der Waals surface area contributed by atoms with Gasteiger partial charge in [-0.2, -0.15) is 0 Å². The Morgan fingerprint density at radius 3 is 1.37 bits per heavy atom. The molecule has 14 heteroatoms. The lowest BCUT2D eigenvalue weighted by atomic mass is 9.98. The number of carbonyl (C=O) groups is 1. The predicted octanol–water partition coefficient (Wildman–Crippen LogP) is 10.9. The Morgan fingerprint density at radius 1 is 0.453 bits per heavy atom. The van der Waals surface area contributed by atoms with Crippen molar-refractivity contribution in [1.29, 1.82) is 0 Å². The summed E-state index contributed by atoms with van der Waals surface area (Å²) in [7, 11) is 0. The summed E-state index contributed by atoms with van der Waals surface area (Å²) in [6.45, 7) is 3.53. The molecule has 2 aliphatic rings. The first-order valence-corrected chi connectivity index (χ1v) is 29.9. The quantitative estimate of drug-likeness (QED) is 0.0172. The molecule has 0 aliphatic carbocycles. The molecule has 11 unspecified atom stereocenters. The molecule has 0 amide bonds. The number of hydrogen-bond donors (Lipinski definition) is 7. The average Bonchev–Trinajstić information content (AvgIpc) is 3.41. The molecule has 2 saturated heterocycles. The minimum absolute atomic E-state index is 0.0438. The molecule has 7 N–H and O–H groups in total. The molecular weight excluding hydrogens is 957 g/mol. The van der Waals surface area contributed by atoms with Gasteiger partial charge in [0.25, 0.3) is 0 Å². The highest BCUT2D eigenvalue weighted by Gasteiger charge is 2.47. The third-order valence-electron chi connectivity index (χ3n) is 14.0. The van der Waals surface area contributed by atoms with E-state index >= 15 is 0 Å². The molecule has 2 aliphatic heterocycles. The lowest BCUT2D eigenvalue weighted by molar-refractivity contribution is -0.332. The van der Waals surface area contributed by atoms with E-state index in [1.54, 1.807) is 0 Å². The summed E-state index contributed by atoms with van der Waals surface area (Å²) in [6, 6.07) is 0. The van der Waals surface area contributed by atoms with Crippen LogP contribution in [0.2, 0.25) is 0 Å². The number of ether oxygens (including phenoxy) is 6. The van der Waals surface area contributed by atoms with E-state index in [9.17, 15) is 40.5 Å². The number of unbranched alkanes of at least 4 members (excludes halogenated alkanes) is 24. The van der Waals surface area contributed by atoms with Gasteiger partial charge in [-0.05, 0) is 77.0 Å². The Morgan fingerprint density at radius 2 is 0.867 bits per heavy atom.